The molecule has 0 heterocycles. The van der Waals surface area contributed by atoms with E-state index in [1.165, 1.54) is 24.6 Å². The fourth-order valence-electron chi connectivity index (χ4n) is 2.64. The van der Waals surface area contributed by atoms with Crippen LogP contribution in [-0.4, -0.2) is 29.2 Å². The quantitative estimate of drug-likeness (QED) is 0.711. The van der Waals surface area contributed by atoms with Gasteiger partial charge in [-0.2, -0.15) is 0 Å². The fraction of sp³-hybridized carbons (Fsp3) is 0.368. The summed E-state index contributed by atoms with van der Waals surface area (Å²) >= 11 is 0. The highest BCUT2D eigenvalue weighted by molar-refractivity contribution is 7.92. The lowest BCUT2D eigenvalue weighted by atomic mass is 10.2. The molecule has 2 rings (SSSR count). The predicted molar refractivity (Wildman–Crippen MR) is 100 cm³/mol. The van der Waals surface area contributed by atoms with Crippen molar-refractivity contribution in [3.8, 4) is 11.5 Å². The van der Waals surface area contributed by atoms with Gasteiger partial charge in [0.2, 0.25) is 0 Å². The van der Waals surface area contributed by atoms with Crippen molar-refractivity contribution in [2.75, 3.05) is 25.1 Å². The number of hydrogen-bond donors (Lipinski definition) is 0. The first kappa shape index (κ1) is 19.1. The number of ether oxygens (including phenoxy) is 2. The summed E-state index contributed by atoms with van der Waals surface area (Å²) < 4.78 is 38.7. The summed E-state index contributed by atoms with van der Waals surface area (Å²) in [6.45, 7) is 4.23. The second-order valence-electron chi connectivity index (χ2n) is 5.74. The number of para-hydroxylation sites is 1. The second-order valence-corrected chi connectivity index (χ2v) is 7.57. The van der Waals surface area contributed by atoms with Crippen LogP contribution in [0.2, 0.25) is 0 Å². The highest BCUT2D eigenvalue weighted by Gasteiger charge is 2.27. The number of methoxy groups -OCH3 is 2. The molecule has 0 aliphatic carbocycles. The van der Waals surface area contributed by atoms with Crippen LogP contribution in [0.1, 0.15) is 25.3 Å². The SMILES string of the molecule is CCCCN(c1ccccc1)S(=O)(=O)c1cc(OC)c(OC)cc1C. The maximum absolute atomic E-state index is 13.4. The van der Waals surface area contributed by atoms with Gasteiger partial charge >= 0.3 is 0 Å². The minimum absolute atomic E-state index is 0.227. The van der Waals surface area contributed by atoms with E-state index in [9.17, 15) is 8.42 Å². The molecule has 0 saturated heterocycles. The molecule has 6 heteroatoms. The molecule has 0 aromatic heterocycles. The molecule has 25 heavy (non-hydrogen) atoms. The van der Waals surface area contributed by atoms with Gasteiger partial charge in [0.1, 0.15) is 0 Å². The van der Waals surface area contributed by atoms with Gasteiger partial charge in [-0.05, 0) is 37.1 Å². The van der Waals surface area contributed by atoms with Crippen molar-refractivity contribution < 1.29 is 17.9 Å². The zero-order chi connectivity index (χ0) is 18.4. The van der Waals surface area contributed by atoms with E-state index in [1.54, 1.807) is 13.0 Å². The summed E-state index contributed by atoms with van der Waals surface area (Å²) in [7, 11) is -0.690. The van der Waals surface area contributed by atoms with Gasteiger partial charge in [-0.25, -0.2) is 8.42 Å². The lowest BCUT2D eigenvalue weighted by Gasteiger charge is -2.25. The Morgan fingerprint density at radius 1 is 1.00 bits per heavy atom. The van der Waals surface area contributed by atoms with Crippen LogP contribution in [0.15, 0.2) is 47.4 Å². The van der Waals surface area contributed by atoms with Crippen LogP contribution < -0.4 is 13.8 Å². The van der Waals surface area contributed by atoms with E-state index >= 15 is 0 Å². The van der Waals surface area contributed by atoms with Crippen molar-refractivity contribution in [2.24, 2.45) is 0 Å². The number of hydrogen-bond acceptors (Lipinski definition) is 4. The van der Waals surface area contributed by atoms with Crippen molar-refractivity contribution in [1.82, 2.24) is 0 Å². The number of benzene rings is 2. The van der Waals surface area contributed by atoms with Crippen molar-refractivity contribution in [3.05, 3.63) is 48.0 Å². The van der Waals surface area contributed by atoms with E-state index in [-0.39, 0.29) is 4.90 Å². The molecule has 0 aliphatic rings. The molecule has 0 bridgehead atoms. The summed E-state index contributed by atoms with van der Waals surface area (Å²) in [4.78, 5) is 0.227. The van der Waals surface area contributed by atoms with E-state index in [2.05, 4.69) is 0 Å². The first-order valence-corrected chi connectivity index (χ1v) is 9.70. The van der Waals surface area contributed by atoms with Gasteiger partial charge in [-0.15, -0.1) is 0 Å². The molecule has 2 aromatic carbocycles. The molecule has 5 nitrogen and oxygen atoms in total. The van der Waals surface area contributed by atoms with Crippen molar-refractivity contribution in [3.63, 3.8) is 0 Å². The largest absolute Gasteiger partial charge is 0.493 e. The number of unbranched alkanes of at least 4 members (excludes halogenated alkanes) is 1. The molecule has 0 radical (unpaired) electrons. The van der Waals surface area contributed by atoms with Gasteiger partial charge in [0.25, 0.3) is 10.0 Å². The highest BCUT2D eigenvalue weighted by atomic mass is 32.2. The van der Waals surface area contributed by atoms with E-state index in [0.717, 1.165) is 12.8 Å². The lowest BCUT2D eigenvalue weighted by molar-refractivity contribution is 0.353. The molecule has 0 saturated carbocycles. The van der Waals surface area contributed by atoms with Crippen LogP contribution >= 0.6 is 0 Å². The molecule has 0 amide bonds. The molecule has 0 atom stereocenters. The standard InChI is InChI=1S/C19H25NO4S/c1-5-6-12-20(16-10-8-7-9-11-16)25(21,22)19-14-18(24-4)17(23-3)13-15(19)2/h7-11,13-14H,5-6,12H2,1-4H3. The Bertz CT molecular complexity index is 804. The second kappa shape index (κ2) is 8.25. The van der Waals surface area contributed by atoms with Crippen LogP contribution in [-0.2, 0) is 10.0 Å². The van der Waals surface area contributed by atoms with E-state index in [1.807, 2.05) is 37.3 Å². The molecule has 136 valence electrons. The molecule has 0 spiro atoms. The number of rotatable bonds is 8. The van der Waals surface area contributed by atoms with Gasteiger partial charge in [0, 0.05) is 12.6 Å². The zero-order valence-electron chi connectivity index (χ0n) is 15.2. The summed E-state index contributed by atoms with van der Waals surface area (Å²) in [5, 5.41) is 0. The summed E-state index contributed by atoms with van der Waals surface area (Å²) in [5.74, 6) is 0.911. The van der Waals surface area contributed by atoms with Gasteiger partial charge < -0.3 is 9.47 Å². The monoisotopic (exact) mass is 363 g/mol. The molecule has 0 fully saturated rings. The molecule has 0 N–H and O–H groups in total. The van der Waals surface area contributed by atoms with Crippen LogP contribution in [0, 0.1) is 6.92 Å². The van der Waals surface area contributed by atoms with Crippen LogP contribution in [0.3, 0.4) is 0 Å². The third-order valence-corrected chi connectivity index (χ3v) is 5.98. The Hall–Kier alpha value is -2.21. The van der Waals surface area contributed by atoms with Crippen molar-refractivity contribution in [2.45, 2.75) is 31.6 Å². The molecular formula is C19H25NO4S. The average Bonchev–Trinajstić information content (AvgIpc) is 2.62. The normalized spacial score (nSPS) is 11.2. The van der Waals surface area contributed by atoms with Gasteiger partial charge in [-0.3, -0.25) is 4.31 Å². The average molecular weight is 363 g/mol. The minimum atomic E-state index is -3.72. The maximum Gasteiger partial charge on any atom is 0.264 e. The van der Waals surface area contributed by atoms with Gasteiger partial charge in [-0.1, -0.05) is 31.5 Å². The zero-order valence-corrected chi connectivity index (χ0v) is 16.0. The topological polar surface area (TPSA) is 55.8 Å². The summed E-state index contributed by atoms with van der Waals surface area (Å²) in [6, 6.07) is 12.4. The maximum atomic E-state index is 13.4. The smallest absolute Gasteiger partial charge is 0.264 e. The number of nitrogens with zero attached hydrogens (tertiary/aromatic N) is 1. The van der Waals surface area contributed by atoms with Crippen LogP contribution in [0.5, 0.6) is 11.5 Å². The number of sulfonamides is 1. The minimum Gasteiger partial charge on any atom is -0.493 e. The number of aryl methyl sites for hydroxylation is 1. The molecule has 0 aliphatic heterocycles. The first-order valence-electron chi connectivity index (χ1n) is 8.26. The Morgan fingerprint density at radius 3 is 2.16 bits per heavy atom. The summed E-state index contributed by atoms with van der Waals surface area (Å²) in [5.41, 5.74) is 1.28. The van der Waals surface area contributed by atoms with Crippen LogP contribution in [0.4, 0.5) is 5.69 Å². The van der Waals surface area contributed by atoms with Crippen molar-refractivity contribution in [1.29, 1.82) is 0 Å². The first-order chi connectivity index (χ1) is 12.0. The number of anilines is 1. The Morgan fingerprint density at radius 2 is 1.60 bits per heavy atom. The Balaban J connectivity index is 2.57. The van der Waals surface area contributed by atoms with E-state index in [0.29, 0.717) is 29.3 Å². The third-order valence-electron chi connectivity index (χ3n) is 4.01. The Labute approximate surface area is 150 Å². The predicted octanol–water partition coefficient (Wildman–Crippen LogP) is 4.01. The summed E-state index contributed by atoms with van der Waals surface area (Å²) in [6.07, 6.45) is 1.68. The fourth-order valence-corrected chi connectivity index (χ4v) is 4.37. The molecule has 2 aromatic rings. The third kappa shape index (κ3) is 4.07. The van der Waals surface area contributed by atoms with Crippen LogP contribution in [0.25, 0.3) is 0 Å². The van der Waals surface area contributed by atoms with E-state index < -0.39 is 10.0 Å². The Kier molecular flexibility index (Phi) is 6.31. The molecular weight excluding hydrogens is 338 g/mol. The lowest BCUT2D eigenvalue weighted by Crippen LogP contribution is -2.32. The van der Waals surface area contributed by atoms with Gasteiger partial charge in [0.05, 0.1) is 24.8 Å². The van der Waals surface area contributed by atoms with E-state index in [4.69, 9.17) is 9.47 Å². The molecule has 0 unspecified atom stereocenters. The van der Waals surface area contributed by atoms with Gasteiger partial charge in [0.15, 0.2) is 11.5 Å². The van der Waals surface area contributed by atoms with Crippen molar-refractivity contribution >= 4 is 15.7 Å². The highest BCUT2D eigenvalue weighted by Crippen LogP contribution is 2.34.